The summed E-state index contributed by atoms with van der Waals surface area (Å²) >= 11 is 0. The summed E-state index contributed by atoms with van der Waals surface area (Å²) in [6.07, 6.45) is 6.20. The Balaban J connectivity index is 1.66. The highest BCUT2D eigenvalue weighted by molar-refractivity contribution is 7.92. The van der Waals surface area contributed by atoms with Crippen LogP contribution in [0.5, 0.6) is 0 Å². The van der Waals surface area contributed by atoms with Crippen molar-refractivity contribution >= 4 is 27.5 Å². The molecule has 42 heavy (non-hydrogen) atoms. The Kier molecular flexibility index (Phi) is 10.8. The number of aryl methyl sites for hydroxylation is 2. The predicted octanol–water partition coefficient (Wildman–Crippen LogP) is 5.80. The third-order valence-electron chi connectivity index (χ3n) is 8.00. The summed E-state index contributed by atoms with van der Waals surface area (Å²) in [7, 11) is -4.07. The van der Waals surface area contributed by atoms with Crippen molar-refractivity contribution in [3.05, 3.63) is 95.6 Å². The standard InChI is InChI=1S/C34H43N3O4S/c1-4-32(34(39)35-29-15-9-6-10-16-29)36(23-22-28-13-7-5-8-14-28)33(38)25-37(30-17-11-12-27(3)24-30)42(40,41)31-20-18-26(2)19-21-31/h5,7-8,11-14,17-21,24,29,32H,4,6,9-10,15-16,22-23,25H2,1-3H3,(H,35,39)/t32-/m0/s1. The number of anilines is 1. The van der Waals surface area contributed by atoms with Crippen LogP contribution in [0.15, 0.2) is 83.8 Å². The Hall–Kier alpha value is -3.65. The molecule has 1 saturated carbocycles. The zero-order valence-corrected chi connectivity index (χ0v) is 25.8. The molecule has 1 atom stereocenters. The monoisotopic (exact) mass is 589 g/mol. The van der Waals surface area contributed by atoms with Crippen LogP contribution in [0.4, 0.5) is 5.69 Å². The highest BCUT2D eigenvalue weighted by Crippen LogP contribution is 2.26. The van der Waals surface area contributed by atoms with E-state index in [2.05, 4.69) is 5.32 Å². The topological polar surface area (TPSA) is 86.8 Å². The van der Waals surface area contributed by atoms with E-state index in [-0.39, 0.29) is 16.8 Å². The SMILES string of the molecule is CC[C@@H](C(=O)NC1CCCCC1)N(CCc1ccccc1)C(=O)CN(c1cccc(C)c1)S(=O)(=O)c1ccc(C)cc1. The summed E-state index contributed by atoms with van der Waals surface area (Å²) in [4.78, 5) is 29.5. The van der Waals surface area contributed by atoms with Crippen molar-refractivity contribution in [3.63, 3.8) is 0 Å². The number of nitrogens with zero attached hydrogens (tertiary/aromatic N) is 2. The highest BCUT2D eigenvalue weighted by atomic mass is 32.2. The molecule has 0 spiro atoms. The van der Waals surface area contributed by atoms with Crippen molar-refractivity contribution in [1.29, 1.82) is 0 Å². The van der Waals surface area contributed by atoms with Crippen molar-refractivity contribution in [2.24, 2.45) is 0 Å². The van der Waals surface area contributed by atoms with Gasteiger partial charge in [0.15, 0.2) is 0 Å². The number of hydrogen-bond acceptors (Lipinski definition) is 4. The van der Waals surface area contributed by atoms with E-state index < -0.39 is 28.5 Å². The van der Waals surface area contributed by atoms with Gasteiger partial charge in [-0.2, -0.15) is 0 Å². The lowest BCUT2D eigenvalue weighted by Crippen LogP contribution is -2.54. The zero-order chi connectivity index (χ0) is 30.1. The molecule has 0 heterocycles. The summed E-state index contributed by atoms with van der Waals surface area (Å²) in [5.74, 6) is -0.580. The third kappa shape index (κ3) is 8.00. The Labute approximate surface area is 251 Å². The van der Waals surface area contributed by atoms with E-state index in [1.165, 1.54) is 10.7 Å². The molecular weight excluding hydrogens is 546 g/mol. The van der Waals surface area contributed by atoms with Crippen LogP contribution in [-0.4, -0.2) is 50.3 Å². The average Bonchev–Trinajstić information content (AvgIpc) is 2.99. The first-order chi connectivity index (χ1) is 20.2. The molecule has 1 fully saturated rings. The van der Waals surface area contributed by atoms with Gasteiger partial charge in [-0.25, -0.2) is 8.42 Å². The van der Waals surface area contributed by atoms with Crippen molar-refractivity contribution in [2.45, 2.75) is 82.7 Å². The summed E-state index contributed by atoms with van der Waals surface area (Å²) in [6.45, 7) is 5.56. The summed E-state index contributed by atoms with van der Waals surface area (Å²) in [5.41, 5.74) is 3.27. The Morgan fingerprint density at radius 1 is 0.881 bits per heavy atom. The van der Waals surface area contributed by atoms with E-state index in [0.29, 0.717) is 25.1 Å². The number of rotatable bonds is 12. The fraction of sp³-hybridized carbons (Fsp3) is 0.412. The molecule has 0 saturated heterocycles. The Bertz CT molecular complexity index is 1440. The maximum absolute atomic E-state index is 14.2. The van der Waals surface area contributed by atoms with Crippen LogP contribution in [-0.2, 0) is 26.0 Å². The van der Waals surface area contributed by atoms with Crippen LogP contribution < -0.4 is 9.62 Å². The smallest absolute Gasteiger partial charge is 0.264 e. The quantitative estimate of drug-likeness (QED) is 0.289. The number of sulfonamides is 1. The van der Waals surface area contributed by atoms with E-state index in [1.807, 2.05) is 57.2 Å². The lowest BCUT2D eigenvalue weighted by atomic mass is 9.95. The first-order valence-electron chi connectivity index (χ1n) is 15.0. The van der Waals surface area contributed by atoms with E-state index in [0.717, 1.165) is 42.4 Å². The van der Waals surface area contributed by atoms with Gasteiger partial charge < -0.3 is 10.2 Å². The third-order valence-corrected chi connectivity index (χ3v) is 9.79. The first kappa shape index (κ1) is 31.3. The number of hydrogen-bond donors (Lipinski definition) is 1. The molecule has 0 unspecified atom stereocenters. The number of nitrogens with one attached hydrogen (secondary N) is 1. The minimum atomic E-state index is -4.07. The molecule has 4 rings (SSSR count). The lowest BCUT2D eigenvalue weighted by Gasteiger charge is -2.34. The van der Waals surface area contributed by atoms with E-state index in [4.69, 9.17) is 0 Å². The fourth-order valence-electron chi connectivity index (χ4n) is 5.59. The minimum Gasteiger partial charge on any atom is -0.352 e. The predicted molar refractivity (Wildman–Crippen MR) is 168 cm³/mol. The van der Waals surface area contributed by atoms with Crippen LogP contribution in [0.3, 0.4) is 0 Å². The molecule has 224 valence electrons. The maximum atomic E-state index is 14.2. The molecule has 0 aliphatic heterocycles. The molecule has 3 aromatic rings. The van der Waals surface area contributed by atoms with Crippen LogP contribution in [0.2, 0.25) is 0 Å². The number of carbonyl (C=O) groups is 2. The number of amides is 2. The second-order valence-corrected chi connectivity index (χ2v) is 13.1. The Morgan fingerprint density at radius 3 is 2.21 bits per heavy atom. The molecule has 1 aliphatic rings. The van der Waals surface area contributed by atoms with Gasteiger partial charge in [-0.15, -0.1) is 0 Å². The van der Waals surface area contributed by atoms with Crippen LogP contribution in [0.25, 0.3) is 0 Å². The lowest BCUT2D eigenvalue weighted by molar-refractivity contribution is -0.140. The first-order valence-corrected chi connectivity index (χ1v) is 16.4. The maximum Gasteiger partial charge on any atom is 0.264 e. The van der Waals surface area contributed by atoms with Gasteiger partial charge in [-0.1, -0.05) is 86.3 Å². The van der Waals surface area contributed by atoms with Crippen molar-refractivity contribution in [1.82, 2.24) is 10.2 Å². The van der Waals surface area contributed by atoms with Gasteiger partial charge in [0.1, 0.15) is 12.6 Å². The van der Waals surface area contributed by atoms with E-state index >= 15 is 0 Å². The van der Waals surface area contributed by atoms with E-state index in [1.54, 1.807) is 47.4 Å². The fourth-order valence-corrected chi connectivity index (χ4v) is 7.00. The number of benzene rings is 3. The molecule has 1 N–H and O–H groups in total. The molecule has 3 aromatic carbocycles. The highest BCUT2D eigenvalue weighted by Gasteiger charge is 2.34. The largest absolute Gasteiger partial charge is 0.352 e. The van der Waals surface area contributed by atoms with Gasteiger partial charge in [0.2, 0.25) is 11.8 Å². The Morgan fingerprint density at radius 2 is 1.57 bits per heavy atom. The van der Waals surface area contributed by atoms with Crippen LogP contribution >= 0.6 is 0 Å². The number of carbonyl (C=O) groups excluding carboxylic acids is 2. The molecule has 0 bridgehead atoms. The molecule has 2 amide bonds. The summed E-state index contributed by atoms with van der Waals surface area (Å²) in [6, 6.07) is 23.0. The summed E-state index contributed by atoms with van der Waals surface area (Å²) < 4.78 is 29.2. The van der Waals surface area contributed by atoms with Crippen LogP contribution in [0, 0.1) is 13.8 Å². The molecule has 8 heteroatoms. The normalized spacial score (nSPS) is 14.6. The molecule has 0 aromatic heterocycles. The van der Waals surface area contributed by atoms with Gasteiger partial charge in [0.05, 0.1) is 10.6 Å². The zero-order valence-electron chi connectivity index (χ0n) is 25.0. The second-order valence-electron chi connectivity index (χ2n) is 11.3. The second kappa shape index (κ2) is 14.5. The molecule has 1 aliphatic carbocycles. The average molecular weight is 590 g/mol. The van der Waals surface area contributed by atoms with Crippen molar-refractivity contribution in [3.8, 4) is 0 Å². The van der Waals surface area contributed by atoms with Gasteiger partial charge in [-0.05, 0) is 74.9 Å². The minimum absolute atomic E-state index is 0.108. The van der Waals surface area contributed by atoms with Gasteiger partial charge in [0.25, 0.3) is 10.0 Å². The molecule has 0 radical (unpaired) electrons. The molecular formula is C34H43N3O4S. The summed E-state index contributed by atoms with van der Waals surface area (Å²) in [5, 5.41) is 3.19. The van der Waals surface area contributed by atoms with Gasteiger partial charge in [-0.3, -0.25) is 13.9 Å². The van der Waals surface area contributed by atoms with Gasteiger partial charge >= 0.3 is 0 Å². The van der Waals surface area contributed by atoms with E-state index in [9.17, 15) is 18.0 Å². The van der Waals surface area contributed by atoms with Crippen molar-refractivity contribution < 1.29 is 18.0 Å². The van der Waals surface area contributed by atoms with Crippen molar-refractivity contribution in [2.75, 3.05) is 17.4 Å². The molecule has 7 nitrogen and oxygen atoms in total. The van der Waals surface area contributed by atoms with Crippen LogP contribution in [0.1, 0.15) is 62.1 Å². The van der Waals surface area contributed by atoms with Gasteiger partial charge in [0, 0.05) is 12.6 Å².